The number of hydrogen-bond donors (Lipinski definition) is 0. The van der Waals surface area contributed by atoms with Crippen molar-refractivity contribution in [2.45, 2.75) is 51.9 Å². The Hall–Kier alpha value is -2.92. The molecule has 34 heavy (non-hydrogen) atoms. The second kappa shape index (κ2) is 10.6. The number of halogens is 1. The van der Waals surface area contributed by atoms with E-state index < -0.39 is 17.8 Å². The summed E-state index contributed by atoms with van der Waals surface area (Å²) in [6.07, 6.45) is 1.89. The van der Waals surface area contributed by atoms with Crippen LogP contribution >= 0.6 is 11.6 Å². The molecule has 0 saturated heterocycles. The quantitative estimate of drug-likeness (QED) is 0.439. The molecule has 1 unspecified atom stereocenters. The van der Waals surface area contributed by atoms with Crippen LogP contribution in [0.15, 0.2) is 64.8 Å². The third-order valence-corrected chi connectivity index (χ3v) is 6.76. The van der Waals surface area contributed by atoms with Crippen molar-refractivity contribution >= 4 is 29.1 Å². The molecule has 2 aliphatic rings. The number of aliphatic imine (C=N–C) groups is 1. The fourth-order valence-corrected chi connectivity index (χ4v) is 5.16. The fourth-order valence-electron chi connectivity index (χ4n) is 5.04. The van der Waals surface area contributed by atoms with Gasteiger partial charge in [-0.2, -0.15) is 0 Å². The van der Waals surface area contributed by atoms with Crippen molar-refractivity contribution in [3.05, 3.63) is 76.0 Å². The van der Waals surface area contributed by atoms with Crippen LogP contribution in [0.3, 0.4) is 0 Å². The molecule has 1 heterocycles. The SMILES string of the molecule is CCCOc1ccccc1[C@H]1C(C(=O)OCC)=C(C)N=C2C[C@@H](c3ccc(Cl)cc3)CC(=O)C21. The van der Waals surface area contributed by atoms with Crippen LogP contribution in [0, 0.1) is 5.92 Å². The van der Waals surface area contributed by atoms with Gasteiger partial charge in [-0.05, 0) is 56.4 Å². The van der Waals surface area contributed by atoms with Crippen LogP contribution < -0.4 is 4.74 Å². The van der Waals surface area contributed by atoms with Crippen LogP contribution in [0.4, 0.5) is 0 Å². The number of benzene rings is 2. The Balaban J connectivity index is 1.80. The lowest BCUT2D eigenvalue weighted by Crippen LogP contribution is -2.41. The number of esters is 1. The van der Waals surface area contributed by atoms with Gasteiger partial charge in [0.15, 0.2) is 0 Å². The highest BCUT2D eigenvalue weighted by atomic mass is 35.5. The number of hydrogen-bond acceptors (Lipinski definition) is 5. The highest BCUT2D eigenvalue weighted by molar-refractivity contribution is 6.30. The molecule has 6 heteroatoms. The zero-order chi connectivity index (χ0) is 24.2. The van der Waals surface area contributed by atoms with Gasteiger partial charge in [0.05, 0.1) is 24.7 Å². The van der Waals surface area contributed by atoms with E-state index in [-0.39, 0.29) is 18.3 Å². The summed E-state index contributed by atoms with van der Waals surface area (Å²) < 4.78 is 11.5. The minimum Gasteiger partial charge on any atom is -0.493 e. The zero-order valence-corrected chi connectivity index (χ0v) is 20.6. The van der Waals surface area contributed by atoms with Gasteiger partial charge in [0, 0.05) is 34.3 Å². The number of carbonyl (C=O) groups is 2. The number of ether oxygens (including phenoxy) is 2. The lowest BCUT2D eigenvalue weighted by atomic mass is 9.66. The first-order valence-corrected chi connectivity index (χ1v) is 12.3. The average Bonchev–Trinajstić information content (AvgIpc) is 2.82. The van der Waals surface area contributed by atoms with E-state index in [1.165, 1.54) is 0 Å². The van der Waals surface area contributed by atoms with Crippen molar-refractivity contribution in [2.24, 2.45) is 10.9 Å². The topological polar surface area (TPSA) is 65.0 Å². The van der Waals surface area contributed by atoms with Crippen LogP contribution in [0.1, 0.15) is 63.0 Å². The summed E-state index contributed by atoms with van der Waals surface area (Å²) in [5, 5.41) is 0.667. The molecule has 1 fully saturated rings. The summed E-state index contributed by atoms with van der Waals surface area (Å²) in [5.74, 6) is -0.627. The molecule has 5 nitrogen and oxygen atoms in total. The summed E-state index contributed by atoms with van der Waals surface area (Å²) in [6, 6.07) is 15.3. The van der Waals surface area contributed by atoms with E-state index in [4.69, 9.17) is 26.1 Å². The summed E-state index contributed by atoms with van der Waals surface area (Å²) in [7, 11) is 0. The predicted octanol–water partition coefficient (Wildman–Crippen LogP) is 6.27. The summed E-state index contributed by atoms with van der Waals surface area (Å²) in [6.45, 7) is 6.46. The van der Waals surface area contributed by atoms with Gasteiger partial charge in [0.1, 0.15) is 11.5 Å². The number of para-hydroxylation sites is 1. The summed E-state index contributed by atoms with van der Waals surface area (Å²) >= 11 is 6.07. The van der Waals surface area contributed by atoms with Crippen LogP contribution in [0.5, 0.6) is 5.75 Å². The largest absolute Gasteiger partial charge is 0.493 e. The van der Waals surface area contributed by atoms with E-state index in [0.29, 0.717) is 41.5 Å². The van der Waals surface area contributed by atoms with Crippen molar-refractivity contribution in [3.63, 3.8) is 0 Å². The molecule has 1 saturated carbocycles. The van der Waals surface area contributed by atoms with Crippen molar-refractivity contribution in [1.29, 1.82) is 0 Å². The van der Waals surface area contributed by atoms with Gasteiger partial charge in [-0.3, -0.25) is 9.79 Å². The Morgan fingerprint density at radius 3 is 2.50 bits per heavy atom. The van der Waals surface area contributed by atoms with E-state index in [9.17, 15) is 9.59 Å². The molecule has 178 valence electrons. The molecule has 0 spiro atoms. The maximum absolute atomic E-state index is 13.7. The number of carbonyl (C=O) groups excluding carboxylic acids is 2. The molecule has 0 radical (unpaired) electrons. The maximum atomic E-state index is 13.7. The molecule has 0 aromatic heterocycles. The molecule has 0 bridgehead atoms. The van der Waals surface area contributed by atoms with E-state index in [0.717, 1.165) is 23.3 Å². The van der Waals surface area contributed by atoms with Crippen molar-refractivity contribution in [1.82, 2.24) is 0 Å². The Morgan fingerprint density at radius 2 is 1.79 bits per heavy atom. The molecular formula is C28H30ClNO4. The Labute approximate surface area is 205 Å². The number of rotatable bonds is 7. The Bertz CT molecular complexity index is 1140. The van der Waals surface area contributed by atoms with E-state index in [2.05, 4.69) is 0 Å². The normalized spacial score (nSPS) is 22.2. The molecule has 4 rings (SSSR count). The second-order valence-corrected chi connectivity index (χ2v) is 9.22. The molecule has 1 aliphatic carbocycles. The van der Waals surface area contributed by atoms with Gasteiger partial charge in [-0.25, -0.2) is 4.79 Å². The van der Waals surface area contributed by atoms with Gasteiger partial charge in [0.25, 0.3) is 0 Å². The van der Waals surface area contributed by atoms with Crippen LogP contribution in [0.2, 0.25) is 5.02 Å². The lowest BCUT2D eigenvalue weighted by molar-refractivity contribution is -0.139. The average molecular weight is 480 g/mol. The van der Waals surface area contributed by atoms with Gasteiger partial charge in [-0.15, -0.1) is 0 Å². The number of nitrogens with zero attached hydrogens (tertiary/aromatic N) is 1. The van der Waals surface area contributed by atoms with Gasteiger partial charge >= 0.3 is 5.97 Å². The number of allylic oxidation sites excluding steroid dienone is 1. The molecule has 3 atom stereocenters. The molecule has 0 N–H and O–H groups in total. The molecule has 2 aromatic rings. The number of Topliss-reactive ketones (excluding diaryl/α,β-unsaturated/α-hetero) is 1. The number of fused-ring (bicyclic) bond motifs is 1. The van der Waals surface area contributed by atoms with Crippen molar-refractivity contribution in [3.8, 4) is 5.75 Å². The Kier molecular flexibility index (Phi) is 7.52. The van der Waals surface area contributed by atoms with Gasteiger partial charge in [0.2, 0.25) is 0 Å². The first-order valence-electron chi connectivity index (χ1n) is 11.9. The summed E-state index contributed by atoms with van der Waals surface area (Å²) in [5.41, 5.74) is 3.76. The highest BCUT2D eigenvalue weighted by Crippen LogP contribution is 2.48. The second-order valence-electron chi connectivity index (χ2n) is 8.79. The molecular weight excluding hydrogens is 450 g/mol. The van der Waals surface area contributed by atoms with Crippen molar-refractivity contribution < 1.29 is 19.1 Å². The molecule has 0 amide bonds. The van der Waals surface area contributed by atoms with Crippen LogP contribution in [-0.4, -0.2) is 30.7 Å². The van der Waals surface area contributed by atoms with E-state index in [1.54, 1.807) is 6.92 Å². The fraction of sp³-hybridized carbons (Fsp3) is 0.393. The number of ketones is 1. The molecule has 1 aliphatic heterocycles. The smallest absolute Gasteiger partial charge is 0.336 e. The predicted molar refractivity (Wildman–Crippen MR) is 134 cm³/mol. The van der Waals surface area contributed by atoms with E-state index >= 15 is 0 Å². The summed E-state index contributed by atoms with van der Waals surface area (Å²) in [4.78, 5) is 31.6. The third-order valence-electron chi connectivity index (χ3n) is 6.51. The first-order chi connectivity index (χ1) is 16.4. The zero-order valence-electron chi connectivity index (χ0n) is 19.8. The van der Waals surface area contributed by atoms with Crippen LogP contribution in [0.25, 0.3) is 0 Å². The first kappa shape index (κ1) is 24.2. The molecule has 2 aromatic carbocycles. The highest BCUT2D eigenvalue weighted by Gasteiger charge is 2.46. The lowest BCUT2D eigenvalue weighted by Gasteiger charge is -2.38. The van der Waals surface area contributed by atoms with Gasteiger partial charge in [-0.1, -0.05) is 48.9 Å². The third kappa shape index (κ3) is 4.80. The van der Waals surface area contributed by atoms with Crippen LogP contribution in [-0.2, 0) is 14.3 Å². The maximum Gasteiger partial charge on any atom is 0.336 e. The Morgan fingerprint density at radius 1 is 1.06 bits per heavy atom. The standard InChI is InChI=1S/C28H30ClNO4/c1-4-14-34-24-9-7-6-8-21(24)26-25(28(32)33-5-2)17(3)30-22-15-19(16-23(31)27(22)26)18-10-12-20(29)13-11-18/h6-13,19,26-27H,4-5,14-16H2,1-3H3/t19-,26+,27?/m1/s1. The van der Waals surface area contributed by atoms with Gasteiger partial charge < -0.3 is 9.47 Å². The van der Waals surface area contributed by atoms with Crippen molar-refractivity contribution in [2.75, 3.05) is 13.2 Å². The van der Waals surface area contributed by atoms with E-state index in [1.807, 2.05) is 62.4 Å². The minimum absolute atomic E-state index is 0.0314. The monoisotopic (exact) mass is 479 g/mol. The minimum atomic E-state index is -0.516.